The van der Waals surface area contributed by atoms with E-state index in [0.29, 0.717) is 18.7 Å². The Labute approximate surface area is 126 Å². The van der Waals surface area contributed by atoms with E-state index in [1.54, 1.807) is 0 Å². The smallest absolute Gasteiger partial charge is 0.119 e. The van der Waals surface area contributed by atoms with Gasteiger partial charge in [0.15, 0.2) is 0 Å². The molecule has 2 aromatic rings. The number of benzene rings is 2. The first-order chi connectivity index (χ1) is 9.74. The molecule has 0 atom stereocenters. The number of hydrogen-bond donors (Lipinski definition) is 2. The first kappa shape index (κ1) is 14.4. The largest absolute Gasteiger partial charge is 0.492 e. The van der Waals surface area contributed by atoms with Gasteiger partial charge in [0.2, 0.25) is 0 Å². The van der Waals surface area contributed by atoms with Gasteiger partial charge in [-0.3, -0.25) is 0 Å². The minimum atomic E-state index is 0.490. The van der Waals surface area contributed by atoms with Crippen LogP contribution in [0.1, 0.15) is 5.56 Å². The summed E-state index contributed by atoms with van der Waals surface area (Å²) in [5.41, 5.74) is 7.61. The second-order valence-corrected chi connectivity index (χ2v) is 4.92. The van der Waals surface area contributed by atoms with Gasteiger partial charge in [-0.2, -0.15) is 5.26 Å². The highest BCUT2D eigenvalue weighted by atomic mass is 79.9. The zero-order valence-electron chi connectivity index (χ0n) is 10.8. The molecule has 2 aromatic carbocycles. The first-order valence-corrected chi connectivity index (χ1v) is 6.92. The number of nitriles is 1. The molecule has 102 valence electrons. The zero-order valence-corrected chi connectivity index (χ0v) is 12.4. The summed E-state index contributed by atoms with van der Waals surface area (Å²) in [5.74, 6) is 0.774. The van der Waals surface area contributed by atoms with E-state index in [4.69, 9.17) is 15.7 Å². The van der Waals surface area contributed by atoms with Crippen molar-refractivity contribution in [3.63, 3.8) is 0 Å². The Hall–Kier alpha value is -2.03. The fourth-order valence-electron chi connectivity index (χ4n) is 1.71. The van der Waals surface area contributed by atoms with Crippen molar-refractivity contribution in [1.82, 2.24) is 0 Å². The molecule has 0 saturated heterocycles. The quantitative estimate of drug-likeness (QED) is 0.880. The van der Waals surface area contributed by atoms with E-state index in [0.717, 1.165) is 21.6 Å². The number of hydrogen-bond acceptors (Lipinski definition) is 4. The van der Waals surface area contributed by atoms with Crippen molar-refractivity contribution in [2.75, 3.05) is 18.5 Å². The summed E-state index contributed by atoms with van der Waals surface area (Å²) in [6.07, 6.45) is 0. The molecule has 0 fully saturated rings. The third-order valence-electron chi connectivity index (χ3n) is 2.65. The molecule has 2 rings (SSSR count). The van der Waals surface area contributed by atoms with Gasteiger partial charge in [-0.05, 0) is 52.3 Å². The normalized spacial score (nSPS) is 9.85. The third-order valence-corrected chi connectivity index (χ3v) is 3.31. The highest BCUT2D eigenvalue weighted by molar-refractivity contribution is 9.10. The van der Waals surface area contributed by atoms with Crippen LogP contribution in [0.3, 0.4) is 0 Å². The maximum atomic E-state index is 9.17. The second-order valence-electron chi connectivity index (χ2n) is 4.06. The van der Waals surface area contributed by atoms with Gasteiger partial charge in [0.1, 0.15) is 18.4 Å². The van der Waals surface area contributed by atoms with E-state index in [-0.39, 0.29) is 0 Å². The topological polar surface area (TPSA) is 71.1 Å². The molecule has 0 amide bonds. The molecule has 20 heavy (non-hydrogen) atoms. The van der Waals surface area contributed by atoms with Crippen LogP contribution in [-0.4, -0.2) is 13.2 Å². The predicted octanol–water partition coefficient (Wildman–Crippen LogP) is 3.40. The summed E-state index contributed by atoms with van der Waals surface area (Å²) in [6.45, 7) is 0.987. The third kappa shape index (κ3) is 3.50. The van der Waals surface area contributed by atoms with Gasteiger partial charge in [0.05, 0.1) is 11.3 Å². The van der Waals surface area contributed by atoms with Gasteiger partial charge in [-0.15, -0.1) is 0 Å². The monoisotopic (exact) mass is 331 g/mol. The number of ether oxygens (including phenoxy) is 1. The molecule has 0 unspecified atom stereocenters. The van der Waals surface area contributed by atoms with Crippen molar-refractivity contribution in [2.24, 2.45) is 5.73 Å². The van der Waals surface area contributed by atoms with Gasteiger partial charge >= 0.3 is 0 Å². The summed E-state index contributed by atoms with van der Waals surface area (Å²) in [4.78, 5) is 0. The van der Waals surface area contributed by atoms with Crippen LogP contribution in [0.4, 0.5) is 11.4 Å². The Morgan fingerprint density at radius 1 is 1.20 bits per heavy atom. The van der Waals surface area contributed by atoms with Crippen molar-refractivity contribution >= 4 is 27.3 Å². The van der Waals surface area contributed by atoms with E-state index < -0.39 is 0 Å². The molecular formula is C15H14BrN3O. The van der Waals surface area contributed by atoms with E-state index in [1.807, 2.05) is 42.5 Å². The zero-order chi connectivity index (χ0) is 14.4. The molecule has 3 N–H and O–H groups in total. The molecule has 0 aliphatic rings. The maximum absolute atomic E-state index is 9.17. The van der Waals surface area contributed by atoms with E-state index in [9.17, 15) is 0 Å². The molecule has 0 aliphatic heterocycles. The van der Waals surface area contributed by atoms with Crippen molar-refractivity contribution < 1.29 is 4.74 Å². The summed E-state index contributed by atoms with van der Waals surface area (Å²) in [5, 5.41) is 12.4. The lowest BCUT2D eigenvalue weighted by Gasteiger charge is -2.10. The van der Waals surface area contributed by atoms with Gasteiger partial charge in [-0.1, -0.05) is 6.07 Å². The molecule has 0 bridgehead atoms. The molecule has 0 heterocycles. The molecular weight excluding hydrogens is 318 g/mol. The van der Waals surface area contributed by atoms with Gasteiger partial charge in [0.25, 0.3) is 0 Å². The van der Waals surface area contributed by atoms with E-state index in [2.05, 4.69) is 27.3 Å². The summed E-state index contributed by atoms with van der Waals surface area (Å²) < 4.78 is 6.18. The van der Waals surface area contributed by atoms with Crippen LogP contribution in [0.25, 0.3) is 0 Å². The molecule has 0 aliphatic carbocycles. The van der Waals surface area contributed by atoms with Crippen molar-refractivity contribution in [1.29, 1.82) is 5.26 Å². The van der Waals surface area contributed by atoms with Gasteiger partial charge in [0, 0.05) is 16.7 Å². The molecule has 4 nitrogen and oxygen atoms in total. The van der Waals surface area contributed by atoms with Crippen LogP contribution in [0.2, 0.25) is 0 Å². The van der Waals surface area contributed by atoms with Crippen LogP contribution < -0.4 is 15.8 Å². The molecule has 0 saturated carbocycles. The Bertz CT molecular complexity index is 620. The van der Waals surface area contributed by atoms with Crippen molar-refractivity contribution in [2.45, 2.75) is 0 Å². The number of nitrogens with zero attached hydrogens (tertiary/aromatic N) is 1. The number of nitrogens with one attached hydrogen (secondary N) is 1. The number of nitrogens with two attached hydrogens (primary N) is 1. The highest BCUT2D eigenvalue weighted by Gasteiger charge is 2.06. The summed E-state index contributed by atoms with van der Waals surface area (Å²) in [7, 11) is 0. The molecule has 0 aromatic heterocycles. The minimum absolute atomic E-state index is 0.490. The fourth-order valence-corrected chi connectivity index (χ4v) is 2.16. The van der Waals surface area contributed by atoms with Crippen LogP contribution >= 0.6 is 15.9 Å². The standard InChI is InChI=1S/C15H14BrN3O/c16-14-2-1-3-15(13(14)10-18)19-11-4-6-12(7-5-11)20-9-8-17/h1-7,19H,8-9,17H2. The SMILES string of the molecule is N#Cc1c(Br)cccc1Nc1ccc(OCCN)cc1. The lowest BCUT2D eigenvalue weighted by Crippen LogP contribution is -2.10. The average molecular weight is 332 g/mol. The first-order valence-electron chi connectivity index (χ1n) is 6.13. The summed E-state index contributed by atoms with van der Waals surface area (Å²) >= 11 is 3.37. The Kier molecular flexibility index (Phi) is 4.99. The van der Waals surface area contributed by atoms with Crippen LogP contribution in [0.5, 0.6) is 5.75 Å². The number of rotatable bonds is 5. The Balaban J connectivity index is 2.15. The highest BCUT2D eigenvalue weighted by Crippen LogP contribution is 2.27. The Morgan fingerprint density at radius 3 is 2.60 bits per heavy atom. The van der Waals surface area contributed by atoms with E-state index in [1.165, 1.54) is 0 Å². The number of halogens is 1. The van der Waals surface area contributed by atoms with Crippen LogP contribution in [0.15, 0.2) is 46.9 Å². The average Bonchev–Trinajstić information content (AvgIpc) is 2.47. The minimum Gasteiger partial charge on any atom is -0.492 e. The lowest BCUT2D eigenvalue weighted by atomic mass is 10.2. The maximum Gasteiger partial charge on any atom is 0.119 e. The summed E-state index contributed by atoms with van der Waals surface area (Å²) in [6, 6.07) is 15.3. The van der Waals surface area contributed by atoms with Crippen LogP contribution in [-0.2, 0) is 0 Å². The second kappa shape index (κ2) is 6.94. The number of anilines is 2. The predicted molar refractivity (Wildman–Crippen MR) is 83.1 cm³/mol. The molecule has 0 radical (unpaired) electrons. The fraction of sp³-hybridized carbons (Fsp3) is 0.133. The van der Waals surface area contributed by atoms with Crippen LogP contribution in [0, 0.1) is 11.3 Å². The van der Waals surface area contributed by atoms with Crippen molar-refractivity contribution in [3.05, 3.63) is 52.5 Å². The Morgan fingerprint density at radius 2 is 1.95 bits per heavy atom. The molecule has 0 spiro atoms. The van der Waals surface area contributed by atoms with E-state index >= 15 is 0 Å². The van der Waals surface area contributed by atoms with Gasteiger partial charge in [-0.25, -0.2) is 0 Å². The molecule has 5 heteroatoms. The van der Waals surface area contributed by atoms with Gasteiger partial charge < -0.3 is 15.8 Å². The lowest BCUT2D eigenvalue weighted by molar-refractivity contribution is 0.328. The van der Waals surface area contributed by atoms with Crippen molar-refractivity contribution in [3.8, 4) is 11.8 Å².